The first-order valence-corrected chi connectivity index (χ1v) is 12.8. The van der Waals surface area contributed by atoms with Gasteiger partial charge in [-0.1, -0.05) is 63.1 Å². The van der Waals surface area contributed by atoms with E-state index in [0.29, 0.717) is 23.7 Å². The van der Waals surface area contributed by atoms with Crippen LogP contribution in [0.5, 0.6) is 0 Å². The molecule has 1 aromatic heterocycles. The maximum absolute atomic E-state index is 12.5. The van der Waals surface area contributed by atoms with Crippen molar-refractivity contribution in [3.05, 3.63) is 36.0 Å². The Morgan fingerprint density at radius 3 is 1.97 bits per heavy atom. The fourth-order valence-electron chi connectivity index (χ4n) is 6.91. The number of piperidine rings is 1. The molecule has 3 atom stereocenters. The first kappa shape index (κ1) is 21.7. The van der Waals surface area contributed by atoms with Gasteiger partial charge >= 0.3 is 0 Å². The number of primary amides is 1. The summed E-state index contributed by atoms with van der Waals surface area (Å²) in [6, 6.07) is 10.4. The van der Waals surface area contributed by atoms with Gasteiger partial charge in [-0.3, -0.25) is 14.5 Å². The number of hydrogen-bond donors (Lipinski definition) is 1. The van der Waals surface area contributed by atoms with Crippen LogP contribution in [-0.4, -0.2) is 39.3 Å². The number of carbonyl (C=O) groups is 2. The predicted octanol–water partition coefficient (Wildman–Crippen LogP) is 5.37. The van der Waals surface area contributed by atoms with E-state index in [0.717, 1.165) is 29.8 Å². The highest BCUT2D eigenvalue weighted by atomic mass is 16.2. The number of aromatic nitrogens is 1. The van der Waals surface area contributed by atoms with Crippen molar-refractivity contribution in [2.75, 3.05) is 0 Å². The summed E-state index contributed by atoms with van der Waals surface area (Å²) in [6.07, 6.45) is 19.3. The lowest BCUT2D eigenvalue weighted by Gasteiger charge is -2.44. The molecule has 2 bridgehead atoms. The second kappa shape index (κ2) is 9.38. The third-order valence-corrected chi connectivity index (χ3v) is 8.36. The molecule has 172 valence electrons. The number of carbonyl (C=O) groups excluding carboxylic acids is 2. The van der Waals surface area contributed by atoms with Crippen LogP contribution < -0.4 is 5.73 Å². The molecule has 2 unspecified atom stereocenters. The average Bonchev–Trinajstić information content (AvgIpc) is 3.31. The molecular weight excluding hydrogens is 398 g/mol. The molecule has 3 aliphatic rings. The van der Waals surface area contributed by atoms with Crippen LogP contribution in [0.3, 0.4) is 0 Å². The number of fused-ring (bicyclic) bond motifs is 3. The second-order valence-corrected chi connectivity index (χ2v) is 10.3. The zero-order valence-electron chi connectivity index (χ0n) is 19.2. The van der Waals surface area contributed by atoms with E-state index < -0.39 is 11.7 Å². The van der Waals surface area contributed by atoms with Gasteiger partial charge in [-0.15, -0.1) is 0 Å². The number of para-hydroxylation sites is 1. The van der Waals surface area contributed by atoms with E-state index in [1.165, 1.54) is 70.6 Å². The van der Waals surface area contributed by atoms with Gasteiger partial charge in [0.15, 0.2) is 0 Å². The molecule has 2 saturated heterocycles. The molecule has 1 aliphatic carbocycles. The molecule has 3 heterocycles. The highest BCUT2D eigenvalue weighted by Crippen LogP contribution is 2.45. The number of rotatable bonds is 4. The lowest BCUT2D eigenvalue weighted by molar-refractivity contribution is -0.114. The molecule has 3 fully saturated rings. The molecular formula is C27H37N3O2. The second-order valence-electron chi connectivity index (χ2n) is 10.3. The summed E-state index contributed by atoms with van der Waals surface area (Å²) in [4.78, 5) is 27.0. The third-order valence-electron chi connectivity index (χ3n) is 8.36. The molecule has 2 N–H and O–H groups in total. The molecule has 2 aromatic rings. The number of nitrogens with two attached hydrogens (primary N) is 1. The molecule has 5 rings (SSSR count). The summed E-state index contributed by atoms with van der Waals surface area (Å²) >= 11 is 0. The van der Waals surface area contributed by atoms with Gasteiger partial charge in [0.1, 0.15) is 0 Å². The molecule has 1 aromatic carbocycles. The van der Waals surface area contributed by atoms with Gasteiger partial charge in [0.05, 0.1) is 5.56 Å². The molecule has 32 heavy (non-hydrogen) atoms. The van der Waals surface area contributed by atoms with Crippen LogP contribution in [0.15, 0.2) is 30.5 Å². The van der Waals surface area contributed by atoms with Crippen LogP contribution in [0.25, 0.3) is 10.9 Å². The normalized spacial score (nSPS) is 28.1. The zero-order chi connectivity index (χ0) is 22.1. The number of Topliss-reactive ketones (excluding diaryl/α,β-unsaturated/α-hetero) is 1. The fourth-order valence-corrected chi connectivity index (χ4v) is 6.91. The van der Waals surface area contributed by atoms with Crippen LogP contribution in [0, 0.1) is 0 Å². The van der Waals surface area contributed by atoms with Gasteiger partial charge in [0.25, 0.3) is 11.7 Å². The van der Waals surface area contributed by atoms with E-state index in [9.17, 15) is 9.59 Å². The van der Waals surface area contributed by atoms with Crippen LogP contribution in [0.2, 0.25) is 0 Å². The Morgan fingerprint density at radius 1 is 0.750 bits per heavy atom. The van der Waals surface area contributed by atoms with Gasteiger partial charge in [0, 0.05) is 41.3 Å². The Balaban J connectivity index is 1.38. The van der Waals surface area contributed by atoms with Crippen molar-refractivity contribution < 1.29 is 9.59 Å². The van der Waals surface area contributed by atoms with E-state index in [4.69, 9.17) is 5.73 Å². The first-order valence-electron chi connectivity index (χ1n) is 12.8. The number of ketones is 1. The molecule has 0 radical (unpaired) electrons. The zero-order valence-corrected chi connectivity index (χ0v) is 19.2. The predicted molar refractivity (Wildman–Crippen MR) is 128 cm³/mol. The molecule has 1 saturated carbocycles. The minimum absolute atomic E-state index is 0.377. The quantitative estimate of drug-likeness (QED) is 0.518. The largest absolute Gasteiger partial charge is 0.363 e. The lowest BCUT2D eigenvalue weighted by atomic mass is 9.90. The van der Waals surface area contributed by atoms with Crippen molar-refractivity contribution in [2.24, 2.45) is 5.73 Å². The van der Waals surface area contributed by atoms with Crippen molar-refractivity contribution in [2.45, 2.75) is 108 Å². The standard InChI is InChI=1S/C27H37N3O2/c28-27(32)26(31)24-18-29(25-13-9-8-12-23(24)25)22-16-20-14-15-21(17-22)30(20)19-10-6-4-2-1-3-5-7-11-19/h8-9,12-13,18-22H,1-7,10-11,14-17H2,(H2,28,32)/t20-,21?,22?/m0/s1. The lowest BCUT2D eigenvalue weighted by Crippen LogP contribution is -2.49. The minimum atomic E-state index is -0.876. The summed E-state index contributed by atoms with van der Waals surface area (Å²) < 4.78 is 2.28. The Morgan fingerprint density at radius 2 is 1.34 bits per heavy atom. The first-order chi connectivity index (χ1) is 15.6. The monoisotopic (exact) mass is 435 g/mol. The maximum Gasteiger partial charge on any atom is 0.289 e. The molecule has 5 heteroatoms. The number of hydrogen-bond acceptors (Lipinski definition) is 3. The van der Waals surface area contributed by atoms with Gasteiger partial charge in [-0.2, -0.15) is 0 Å². The SMILES string of the molecule is NC(=O)C(=O)c1cn(C2CC3CC[C@@H](C2)N3C2CCCCCCCCC2)c2ccccc12. The molecule has 2 aliphatic heterocycles. The summed E-state index contributed by atoms with van der Waals surface area (Å²) in [5.41, 5.74) is 6.85. The minimum Gasteiger partial charge on any atom is -0.363 e. The van der Waals surface area contributed by atoms with Crippen LogP contribution in [0.4, 0.5) is 0 Å². The highest BCUT2D eigenvalue weighted by molar-refractivity contribution is 6.44. The van der Waals surface area contributed by atoms with Crippen molar-refractivity contribution in [1.82, 2.24) is 9.47 Å². The Kier molecular flexibility index (Phi) is 6.36. The van der Waals surface area contributed by atoms with Gasteiger partial charge in [-0.25, -0.2) is 0 Å². The Bertz CT molecular complexity index is 956. The van der Waals surface area contributed by atoms with Crippen LogP contribution >= 0.6 is 0 Å². The maximum atomic E-state index is 12.5. The van der Waals surface area contributed by atoms with Crippen LogP contribution in [-0.2, 0) is 4.79 Å². The Hall–Kier alpha value is -2.14. The third kappa shape index (κ3) is 4.12. The van der Waals surface area contributed by atoms with E-state index in [-0.39, 0.29) is 0 Å². The topological polar surface area (TPSA) is 68.3 Å². The van der Waals surface area contributed by atoms with E-state index in [1.54, 1.807) is 0 Å². The molecule has 5 nitrogen and oxygen atoms in total. The van der Waals surface area contributed by atoms with Gasteiger partial charge in [-0.05, 0) is 44.6 Å². The average molecular weight is 436 g/mol. The summed E-state index contributed by atoms with van der Waals surface area (Å²) in [6.45, 7) is 0. The van der Waals surface area contributed by atoms with Gasteiger partial charge in [0.2, 0.25) is 0 Å². The van der Waals surface area contributed by atoms with Gasteiger partial charge < -0.3 is 10.3 Å². The fraction of sp³-hybridized carbons (Fsp3) is 0.630. The van der Waals surface area contributed by atoms with E-state index in [1.807, 2.05) is 24.4 Å². The Labute approximate surface area is 191 Å². The summed E-state index contributed by atoms with van der Waals surface area (Å²) in [5, 5.41) is 0.846. The molecule has 0 spiro atoms. The van der Waals surface area contributed by atoms with Crippen molar-refractivity contribution in [3.8, 4) is 0 Å². The summed E-state index contributed by atoms with van der Waals surface area (Å²) in [5.74, 6) is -1.46. The highest BCUT2D eigenvalue weighted by Gasteiger charge is 2.44. The number of nitrogens with zero attached hydrogens (tertiary/aromatic N) is 2. The van der Waals surface area contributed by atoms with Crippen LogP contribution in [0.1, 0.15) is 99.9 Å². The summed E-state index contributed by atoms with van der Waals surface area (Å²) in [7, 11) is 0. The number of amides is 1. The smallest absolute Gasteiger partial charge is 0.289 e. The number of benzene rings is 1. The van der Waals surface area contributed by atoms with Crippen molar-refractivity contribution in [3.63, 3.8) is 0 Å². The van der Waals surface area contributed by atoms with E-state index >= 15 is 0 Å². The van der Waals surface area contributed by atoms with Crippen molar-refractivity contribution in [1.29, 1.82) is 0 Å². The van der Waals surface area contributed by atoms with E-state index in [2.05, 4.69) is 15.5 Å². The van der Waals surface area contributed by atoms with Crippen molar-refractivity contribution >= 4 is 22.6 Å². The molecule has 1 amide bonds.